The molecule has 1 saturated carbocycles. The number of allylic oxidation sites excluding steroid dienone is 2. The molecular formula is C10H14ClNO. The molecule has 2 aliphatic rings. The average Bonchev–Trinajstić information content (AvgIpc) is 2.64. The number of fused-ring (bicyclic) bond motifs is 2. The van der Waals surface area contributed by atoms with E-state index in [1.165, 1.54) is 12.8 Å². The molecule has 0 aromatic carbocycles. The van der Waals surface area contributed by atoms with E-state index in [1.807, 2.05) is 0 Å². The van der Waals surface area contributed by atoms with Gasteiger partial charge in [0, 0.05) is 6.54 Å². The molecule has 1 fully saturated rings. The summed E-state index contributed by atoms with van der Waals surface area (Å²) < 4.78 is 0. The van der Waals surface area contributed by atoms with Gasteiger partial charge in [-0.15, -0.1) is 0 Å². The van der Waals surface area contributed by atoms with E-state index in [0.717, 1.165) is 30.7 Å². The van der Waals surface area contributed by atoms with Crippen molar-refractivity contribution in [3.8, 4) is 0 Å². The first kappa shape index (κ1) is 9.07. The predicted octanol–water partition coefficient (Wildman–Crippen LogP) is 2.54. The van der Waals surface area contributed by atoms with Gasteiger partial charge in [0.15, 0.2) is 0 Å². The second kappa shape index (κ2) is 3.70. The first-order valence-electron chi connectivity index (χ1n) is 4.87. The quantitative estimate of drug-likeness (QED) is 0.423. The molecule has 2 aliphatic carbocycles. The van der Waals surface area contributed by atoms with Gasteiger partial charge >= 0.3 is 5.37 Å². The molecule has 72 valence electrons. The highest BCUT2D eigenvalue weighted by Gasteiger charge is 2.34. The van der Waals surface area contributed by atoms with Gasteiger partial charge < -0.3 is 5.32 Å². The van der Waals surface area contributed by atoms with Gasteiger partial charge in [-0.2, -0.15) is 0 Å². The molecule has 2 nitrogen and oxygen atoms in total. The topological polar surface area (TPSA) is 29.1 Å². The number of rotatable bonds is 3. The molecule has 0 heterocycles. The summed E-state index contributed by atoms with van der Waals surface area (Å²) in [5.74, 6) is 2.37. The fraction of sp³-hybridized carbons (Fsp3) is 0.700. The minimum Gasteiger partial charge on any atom is -0.343 e. The highest BCUT2D eigenvalue weighted by atomic mass is 35.5. The first-order chi connectivity index (χ1) is 6.25. The molecular weight excluding hydrogens is 186 g/mol. The molecule has 3 atom stereocenters. The number of hydrogen-bond donors (Lipinski definition) is 1. The monoisotopic (exact) mass is 199 g/mol. The lowest BCUT2D eigenvalue weighted by Crippen LogP contribution is -2.21. The fourth-order valence-electron chi connectivity index (χ4n) is 2.58. The third-order valence-corrected chi connectivity index (χ3v) is 3.33. The molecule has 2 bridgehead atoms. The van der Waals surface area contributed by atoms with Crippen LogP contribution in [0.4, 0.5) is 4.79 Å². The Morgan fingerprint density at radius 2 is 2.31 bits per heavy atom. The van der Waals surface area contributed by atoms with E-state index in [1.54, 1.807) is 0 Å². The second-order valence-electron chi connectivity index (χ2n) is 4.03. The average molecular weight is 200 g/mol. The Morgan fingerprint density at radius 3 is 2.85 bits per heavy atom. The Morgan fingerprint density at radius 1 is 1.46 bits per heavy atom. The zero-order chi connectivity index (χ0) is 9.26. The summed E-state index contributed by atoms with van der Waals surface area (Å²) in [6.07, 6.45) is 8.38. The largest absolute Gasteiger partial charge is 0.343 e. The molecule has 1 amide bonds. The molecule has 3 unspecified atom stereocenters. The number of carbonyl (C=O) groups excluding carboxylic acids is 1. The van der Waals surface area contributed by atoms with Crippen molar-refractivity contribution in [2.75, 3.05) is 6.54 Å². The maximum Gasteiger partial charge on any atom is 0.313 e. The molecule has 0 spiro atoms. The Kier molecular flexibility index (Phi) is 2.58. The molecule has 0 saturated heterocycles. The van der Waals surface area contributed by atoms with Crippen LogP contribution in [0.1, 0.15) is 19.3 Å². The minimum atomic E-state index is -0.432. The Hall–Kier alpha value is -0.500. The number of amides is 1. The van der Waals surface area contributed by atoms with E-state index < -0.39 is 5.37 Å². The molecule has 0 aromatic heterocycles. The van der Waals surface area contributed by atoms with Crippen molar-refractivity contribution >= 4 is 17.0 Å². The Balaban J connectivity index is 1.72. The molecule has 2 rings (SSSR count). The van der Waals surface area contributed by atoms with Crippen LogP contribution >= 0.6 is 11.6 Å². The van der Waals surface area contributed by atoms with Crippen molar-refractivity contribution in [3.63, 3.8) is 0 Å². The van der Waals surface area contributed by atoms with Crippen LogP contribution in [-0.2, 0) is 0 Å². The molecule has 0 aliphatic heterocycles. The summed E-state index contributed by atoms with van der Waals surface area (Å²) in [6, 6.07) is 0. The summed E-state index contributed by atoms with van der Waals surface area (Å²) >= 11 is 5.18. The number of nitrogens with one attached hydrogen (secondary N) is 1. The predicted molar refractivity (Wildman–Crippen MR) is 52.7 cm³/mol. The molecule has 0 aromatic rings. The van der Waals surface area contributed by atoms with E-state index in [-0.39, 0.29) is 0 Å². The maximum atomic E-state index is 10.4. The molecule has 0 radical (unpaired) electrons. The van der Waals surface area contributed by atoms with Crippen LogP contribution < -0.4 is 5.32 Å². The summed E-state index contributed by atoms with van der Waals surface area (Å²) in [6.45, 7) is 0.726. The van der Waals surface area contributed by atoms with Crippen LogP contribution in [0.3, 0.4) is 0 Å². The summed E-state index contributed by atoms with van der Waals surface area (Å²) in [5.41, 5.74) is 0. The van der Waals surface area contributed by atoms with Crippen molar-refractivity contribution in [3.05, 3.63) is 12.2 Å². The highest BCUT2D eigenvalue weighted by molar-refractivity contribution is 6.62. The van der Waals surface area contributed by atoms with Crippen molar-refractivity contribution in [1.82, 2.24) is 5.32 Å². The van der Waals surface area contributed by atoms with Gasteiger partial charge in [0.2, 0.25) is 0 Å². The van der Waals surface area contributed by atoms with Crippen molar-refractivity contribution in [1.29, 1.82) is 0 Å². The van der Waals surface area contributed by atoms with Gasteiger partial charge in [-0.25, -0.2) is 0 Å². The van der Waals surface area contributed by atoms with Crippen LogP contribution in [-0.4, -0.2) is 11.9 Å². The van der Waals surface area contributed by atoms with Gasteiger partial charge in [0.25, 0.3) is 0 Å². The van der Waals surface area contributed by atoms with Crippen molar-refractivity contribution in [2.24, 2.45) is 17.8 Å². The Bertz CT molecular complexity index is 239. The zero-order valence-electron chi connectivity index (χ0n) is 7.50. The van der Waals surface area contributed by atoms with Crippen molar-refractivity contribution < 1.29 is 4.79 Å². The lowest BCUT2D eigenvalue weighted by Gasteiger charge is -2.17. The summed E-state index contributed by atoms with van der Waals surface area (Å²) in [7, 11) is 0. The van der Waals surface area contributed by atoms with Gasteiger partial charge in [0.1, 0.15) is 0 Å². The van der Waals surface area contributed by atoms with Gasteiger partial charge in [-0.3, -0.25) is 4.79 Å². The van der Waals surface area contributed by atoms with E-state index in [4.69, 9.17) is 11.6 Å². The van der Waals surface area contributed by atoms with Gasteiger partial charge in [0.05, 0.1) is 0 Å². The minimum absolute atomic E-state index is 0.432. The third-order valence-electron chi connectivity index (χ3n) is 3.20. The Labute approximate surface area is 83.3 Å². The van der Waals surface area contributed by atoms with E-state index >= 15 is 0 Å². The SMILES string of the molecule is O=C(Cl)NCCC1CC2C=CC1C2. The van der Waals surface area contributed by atoms with Crippen LogP contribution in [0.2, 0.25) is 0 Å². The molecule has 13 heavy (non-hydrogen) atoms. The van der Waals surface area contributed by atoms with E-state index in [2.05, 4.69) is 17.5 Å². The lowest BCUT2D eigenvalue weighted by atomic mass is 9.91. The number of hydrogen-bond acceptors (Lipinski definition) is 1. The normalized spacial score (nSPS) is 35.3. The van der Waals surface area contributed by atoms with Crippen LogP contribution in [0.5, 0.6) is 0 Å². The molecule has 3 heteroatoms. The van der Waals surface area contributed by atoms with Crippen molar-refractivity contribution in [2.45, 2.75) is 19.3 Å². The lowest BCUT2D eigenvalue weighted by molar-refractivity contribution is 0.258. The summed E-state index contributed by atoms with van der Waals surface area (Å²) in [4.78, 5) is 10.4. The van der Waals surface area contributed by atoms with Crippen LogP contribution in [0.25, 0.3) is 0 Å². The number of carbonyl (C=O) groups is 1. The van der Waals surface area contributed by atoms with E-state index in [9.17, 15) is 4.79 Å². The standard InChI is InChI=1S/C10H14ClNO/c11-10(13)12-4-3-9-6-7-1-2-8(9)5-7/h1-2,7-9H,3-6H2,(H,12,13). The summed E-state index contributed by atoms with van der Waals surface area (Å²) in [5, 5.41) is 2.20. The fourth-order valence-corrected chi connectivity index (χ4v) is 2.68. The van der Waals surface area contributed by atoms with Gasteiger partial charge in [-0.05, 0) is 48.6 Å². The first-order valence-corrected chi connectivity index (χ1v) is 5.25. The second-order valence-corrected chi connectivity index (χ2v) is 4.37. The van der Waals surface area contributed by atoms with E-state index in [0.29, 0.717) is 0 Å². The highest BCUT2D eigenvalue weighted by Crippen LogP contribution is 2.44. The maximum absolute atomic E-state index is 10.4. The third kappa shape index (κ3) is 2.05. The number of halogens is 1. The van der Waals surface area contributed by atoms with Gasteiger partial charge in [-0.1, -0.05) is 12.2 Å². The zero-order valence-corrected chi connectivity index (χ0v) is 8.26. The van der Waals surface area contributed by atoms with Crippen LogP contribution in [0, 0.1) is 17.8 Å². The molecule has 1 N–H and O–H groups in total. The smallest absolute Gasteiger partial charge is 0.313 e. The van der Waals surface area contributed by atoms with Crippen LogP contribution in [0.15, 0.2) is 12.2 Å².